The smallest absolute Gasteiger partial charge is 0.361 e. The Hall–Kier alpha value is -0.670. The van der Waals surface area contributed by atoms with Crippen LogP contribution < -0.4 is 0 Å². The second-order valence-electron chi connectivity index (χ2n) is 4.42. The summed E-state index contributed by atoms with van der Waals surface area (Å²) in [5, 5.41) is -0.384. The molecular formula is C12H24N2O2S. The first-order chi connectivity index (χ1) is 8.08. The van der Waals surface area contributed by atoms with Crippen molar-refractivity contribution in [1.29, 1.82) is 0 Å². The highest BCUT2D eigenvalue weighted by Gasteiger charge is 2.25. The van der Waals surface area contributed by atoms with Crippen molar-refractivity contribution >= 4 is 15.4 Å². The van der Waals surface area contributed by atoms with Gasteiger partial charge in [0.2, 0.25) is 9.84 Å². The first-order valence-corrected chi connectivity index (χ1v) is 8.10. The highest BCUT2D eigenvalue weighted by atomic mass is 32.2. The lowest BCUT2D eigenvalue weighted by atomic mass is 10.1. The van der Waals surface area contributed by atoms with Gasteiger partial charge in [0.25, 0.3) is 0 Å². The molecule has 0 saturated heterocycles. The Morgan fingerprint density at radius 2 is 1.71 bits per heavy atom. The minimum Gasteiger partial charge on any atom is -0.361 e. The predicted molar refractivity (Wildman–Crippen MR) is 70.7 cm³/mol. The van der Waals surface area contributed by atoms with Crippen LogP contribution in [0.3, 0.4) is 0 Å². The second-order valence-corrected chi connectivity index (χ2v) is 6.48. The first kappa shape index (κ1) is 16.3. The molecule has 0 rings (SSSR count). The lowest BCUT2D eigenvalue weighted by Gasteiger charge is -2.11. The molecule has 0 aliphatic rings. The summed E-state index contributed by atoms with van der Waals surface area (Å²) in [4.78, 5) is 2.66. The Bertz CT molecular complexity index is 332. The maximum absolute atomic E-state index is 11.7. The van der Waals surface area contributed by atoms with E-state index in [0.717, 1.165) is 19.3 Å². The molecule has 0 radical (unpaired) electrons. The maximum atomic E-state index is 11.7. The van der Waals surface area contributed by atoms with Crippen LogP contribution in [-0.2, 0) is 9.84 Å². The van der Waals surface area contributed by atoms with E-state index in [-0.39, 0.29) is 5.25 Å². The topological polar surface area (TPSA) is 70.5 Å². The van der Waals surface area contributed by atoms with Crippen LogP contribution in [0.25, 0.3) is 5.53 Å². The molecule has 17 heavy (non-hydrogen) atoms. The van der Waals surface area contributed by atoms with E-state index in [1.54, 1.807) is 0 Å². The summed E-state index contributed by atoms with van der Waals surface area (Å²) >= 11 is 0. The molecule has 0 aliphatic carbocycles. The third-order valence-corrected chi connectivity index (χ3v) is 4.69. The normalized spacial score (nSPS) is 13.1. The highest BCUT2D eigenvalue weighted by molar-refractivity contribution is 8.04. The fraction of sp³-hybridized carbons (Fsp3) is 0.917. The maximum Gasteiger partial charge on any atom is 0.370 e. The standard InChI is InChI=1S/C12H24N2O2S/c1-3-5-6-7-8-10-12(9-4-2)17(15,16)11-14-13/h11-12H,3-10H2,1-2H3. The zero-order valence-corrected chi connectivity index (χ0v) is 11.7. The number of sulfone groups is 1. The van der Waals surface area contributed by atoms with Crippen LogP contribution in [0.15, 0.2) is 0 Å². The molecule has 0 fully saturated rings. The van der Waals surface area contributed by atoms with Crippen LogP contribution in [0, 0.1) is 0 Å². The van der Waals surface area contributed by atoms with Crippen molar-refractivity contribution in [1.82, 2.24) is 0 Å². The van der Waals surface area contributed by atoms with Crippen molar-refractivity contribution in [3.05, 3.63) is 5.53 Å². The van der Waals surface area contributed by atoms with E-state index in [1.165, 1.54) is 19.3 Å². The lowest BCUT2D eigenvalue weighted by Crippen LogP contribution is -2.22. The van der Waals surface area contributed by atoms with Gasteiger partial charge in [0.05, 0.1) is 5.25 Å². The third-order valence-electron chi connectivity index (χ3n) is 2.90. The fourth-order valence-electron chi connectivity index (χ4n) is 1.92. The average Bonchev–Trinajstić information content (AvgIpc) is 2.27. The summed E-state index contributed by atoms with van der Waals surface area (Å²) in [6.07, 6.45) is 7.73. The van der Waals surface area contributed by atoms with Crippen LogP contribution in [0.1, 0.15) is 65.2 Å². The van der Waals surface area contributed by atoms with E-state index in [2.05, 4.69) is 11.7 Å². The van der Waals surface area contributed by atoms with E-state index in [4.69, 9.17) is 5.53 Å². The van der Waals surface area contributed by atoms with E-state index >= 15 is 0 Å². The molecule has 1 atom stereocenters. The van der Waals surface area contributed by atoms with Gasteiger partial charge in [-0.05, 0) is 12.8 Å². The first-order valence-electron chi connectivity index (χ1n) is 6.49. The van der Waals surface area contributed by atoms with Crippen molar-refractivity contribution in [2.45, 2.75) is 70.5 Å². The number of nitrogens with zero attached hydrogens (tertiary/aromatic N) is 2. The fourth-order valence-corrected chi connectivity index (χ4v) is 3.29. The van der Waals surface area contributed by atoms with Gasteiger partial charge in [-0.3, -0.25) is 0 Å². The van der Waals surface area contributed by atoms with Gasteiger partial charge in [-0.25, -0.2) is 8.42 Å². The van der Waals surface area contributed by atoms with Crippen LogP contribution in [0.2, 0.25) is 0 Å². The summed E-state index contributed by atoms with van der Waals surface area (Å²) in [7, 11) is -3.37. The Kier molecular flexibility index (Phi) is 9.00. The van der Waals surface area contributed by atoms with E-state index in [9.17, 15) is 8.42 Å². The van der Waals surface area contributed by atoms with E-state index in [1.807, 2.05) is 6.92 Å². The van der Waals surface area contributed by atoms with Gasteiger partial charge in [-0.2, -0.15) is 4.79 Å². The SMILES string of the molecule is CCCCCCCC(CCC)S(=O)(=O)C=[N+]=[N-]. The zero-order chi connectivity index (χ0) is 13.1. The number of unbranched alkanes of at least 4 members (excludes halogenated alkanes) is 4. The molecular weight excluding hydrogens is 236 g/mol. The molecule has 0 amide bonds. The summed E-state index contributed by atoms with van der Waals surface area (Å²) in [5.74, 6) is 0. The molecule has 100 valence electrons. The van der Waals surface area contributed by atoms with Crippen molar-refractivity contribution in [3.63, 3.8) is 0 Å². The van der Waals surface area contributed by atoms with Gasteiger partial charge in [0, 0.05) is 0 Å². The largest absolute Gasteiger partial charge is 0.370 e. The molecule has 0 bridgehead atoms. The van der Waals surface area contributed by atoms with Gasteiger partial charge in [-0.15, -0.1) is 0 Å². The average molecular weight is 260 g/mol. The molecule has 5 heteroatoms. The summed E-state index contributed by atoms with van der Waals surface area (Å²) in [6, 6.07) is 0. The molecule has 4 nitrogen and oxygen atoms in total. The van der Waals surface area contributed by atoms with Crippen molar-refractivity contribution in [2.24, 2.45) is 0 Å². The number of hydrogen-bond acceptors (Lipinski definition) is 2. The Labute approximate surface area is 105 Å². The monoisotopic (exact) mass is 260 g/mol. The molecule has 0 spiro atoms. The van der Waals surface area contributed by atoms with Crippen molar-refractivity contribution in [2.75, 3.05) is 0 Å². The summed E-state index contributed by atoms with van der Waals surface area (Å²) in [6.45, 7) is 4.12. The predicted octanol–water partition coefficient (Wildman–Crippen LogP) is 3.19. The molecule has 0 aromatic rings. The van der Waals surface area contributed by atoms with E-state index < -0.39 is 9.84 Å². The van der Waals surface area contributed by atoms with Crippen molar-refractivity contribution in [3.8, 4) is 0 Å². The molecule has 0 heterocycles. The minimum atomic E-state index is -3.37. The molecule has 0 aliphatic heterocycles. The number of hydrogen-bond donors (Lipinski definition) is 0. The molecule has 0 aromatic heterocycles. The Morgan fingerprint density at radius 1 is 1.06 bits per heavy atom. The minimum absolute atomic E-state index is 0.384. The summed E-state index contributed by atoms with van der Waals surface area (Å²) in [5.41, 5.74) is 9.03. The van der Waals surface area contributed by atoms with Gasteiger partial charge >= 0.3 is 5.55 Å². The van der Waals surface area contributed by atoms with E-state index in [0.29, 0.717) is 18.4 Å². The Balaban J connectivity index is 4.20. The summed E-state index contributed by atoms with van der Waals surface area (Å²) < 4.78 is 23.5. The van der Waals surface area contributed by atoms with Crippen molar-refractivity contribution < 1.29 is 13.2 Å². The molecule has 0 aromatic carbocycles. The van der Waals surface area contributed by atoms with Crippen LogP contribution >= 0.6 is 0 Å². The van der Waals surface area contributed by atoms with Gasteiger partial charge < -0.3 is 5.53 Å². The number of rotatable bonds is 10. The van der Waals surface area contributed by atoms with Crippen LogP contribution in [0.5, 0.6) is 0 Å². The quantitative estimate of drug-likeness (QED) is 0.199. The third kappa shape index (κ3) is 7.29. The molecule has 1 unspecified atom stereocenters. The van der Waals surface area contributed by atoms with Gasteiger partial charge in [0.15, 0.2) is 0 Å². The lowest BCUT2D eigenvalue weighted by molar-refractivity contribution is 0.00745. The second kappa shape index (κ2) is 9.37. The zero-order valence-electron chi connectivity index (χ0n) is 10.9. The van der Waals surface area contributed by atoms with Crippen LogP contribution in [-0.4, -0.2) is 24.0 Å². The van der Waals surface area contributed by atoms with Gasteiger partial charge in [0.1, 0.15) is 0 Å². The Morgan fingerprint density at radius 3 is 2.24 bits per heavy atom. The van der Waals surface area contributed by atoms with Gasteiger partial charge in [-0.1, -0.05) is 52.4 Å². The molecule has 0 N–H and O–H groups in total. The molecule has 0 saturated carbocycles. The highest BCUT2D eigenvalue weighted by Crippen LogP contribution is 2.16. The van der Waals surface area contributed by atoms with Crippen LogP contribution in [0.4, 0.5) is 0 Å².